The predicted molar refractivity (Wildman–Crippen MR) is 113 cm³/mol. The summed E-state index contributed by atoms with van der Waals surface area (Å²) in [4.78, 5) is 0. The van der Waals surface area contributed by atoms with E-state index in [-0.39, 0.29) is 22.8 Å². The quantitative estimate of drug-likeness (QED) is 0.393. The summed E-state index contributed by atoms with van der Waals surface area (Å²) in [6.07, 6.45) is 9.59. The van der Waals surface area contributed by atoms with Crippen molar-refractivity contribution < 1.29 is 22.6 Å². The van der Waals surface area contributed by atoms with Crippen molar-refractivity contribution in [3.63, 3.8) is 0 Å². The van der Waals surface area contributed by atoms with Crippen molar-refractivity contribution in [2.45, 2.75) is 70.3 Å². The van der Waals surface area contributed by atoms with Crippen LogP contribution in [0.3, 0.4) is 0 Å². The molecule has 0 saturated carbocycles. The number of ether oxygens (including phenoxy) is 2. The van der Waals surface area contributed by atoms with Gasteiger partial charge in [0, 0.05) is 17.0 Å². The van der Waals surface area contributed by atoms with E-state index >= 15 is 0 Å². The molecule has 1 fully saturated rings. The number of unbranched alkanes of at least 4 members (excludes halogenated alkanes) is 4. The lowest BCUT2D eigenvalue weighted by molar-refractivity contribution is -0.00217. The lowest BCUT2D eigenvalue weighted by Crippen LogP contribution is -2.24. The normalized spacial score (nSPS) is 19.1. The largest absolute Gasteiger partial charge is 0.494 e. The Hall–Kier alpha value is -2.01. The predicted octanol–water partition coefficient (Wildman–Crippen LogP) is 7.40. The fraction of sp³-hybridized carbons (Fsp3) is 0.520. The first-order valence-corrected chi connectivity index (χ1v) is 11.0. The molecule has 0 aliphatic carbocycles. The Kier molecular flexibility index (Phi) is 8.20. The average Bonchev–Trinajstić information content (AvgIpc) is 2.76. The van der Waals surface area contributed by atoms with Crippen molar-refractivity contribution in [3.05, 3.63) is 53.3 Å². The zero-order valence-corrected chi connectivity index (χ0v) is 17.9. The van der Waals surface area contributed by atoms with Crippen molar-refractivity contribution >= 4 is 0 Å². The van der Waals surface area contributed by atoms with Gasteiger partial charge in [-0.25, -0.2) is 8.78 Å². The highest BCUT2D eigenvalue weighted by molar-refractivity contribution is 5.66. The first-order chi connectivity index (χ1) is 14.5. The summed E-state index contributed by atoms with van der Waals surface area (Å²) in [7, 11) is 1.26. The maximum Gasteiger partial charge on any atom is 0.201 e. The first kappa shape index (κ1) is 22.7. The van der Waals surface area contributed by atoms with Gasteiger partial charge in [-0.3, -0.25) is 0 Å². The van der Waals surface area contributed by atoms with Gasteiger partial charge in [0.1, 0.15) is 5.82 Å². The summed E-state index contributed by atoms with van der Waals surface area (Å²) in [5.41, 5.74) is 0.770. The van der Waals surface area contributed by atoms with Gasteiger partial charge in [-0.1, -0.05) is 51.2 Å². The second kappa shape index (κ2) is 10.9. The number of methoxy groups -OCH3 is 1. The molecule has 0 spiro atoms. The van der Waals surface area contributed by atoms with Gasteiger partial charge in [0.25, 0.3) is 0 Å². The minimum absolute atomic E-state index is 0.0412. The molecule has 2 nitrogen and oxygen atoms in total. The fourth-order valence-corrected chi connectivity index (χ4v) is 4.17. The highest BCUT2D eigenvalue weighted by Gasteiger charge is 2.24. The molecule has 1 heterocycles. The van der Waals surface area contributed by atoms with Crippen LogP contribution in [0.5, 0.6) is 5.75 Å². The molecule has 2 atom stereocenters. The highest BCUT2D eigenvalue weighted by Crippen LogP contribution is 2.35. The van der Waals surface area contributed by atoms with Gasteiger partial charge in [-0.05, 0) is 43.0 Å². The van der Waals surface area contributed by atoms with E-state index in [4.69, 9.17) is 9.47 Å². The van der Waals surface area contributed by atoms with Crippen LogP contribution in [-0.2, 0) is 4.74 Å². The summed E-state index contributed by atoms with van der Waals surface area (Å²) in [6, 6.07) is 7.38. The number of hydrogen-bond donors (Lipinski definition) is 0. The van der Waals surface area contributed by atoms with Gasteiger partial charge < -0.3 is 9.47 Å². The molecule has 5 heteroatoms. The standard InChI is InChI=1S/C25H31F3O2/c1-3-4-5-6-7-8-19-11-9-18(16-30-19)17-10-12-20(22(26)15-17)21-13-14-23(29-2)25(28)24(21)27/h10,12-15,18-19H,3-9,11,16H2,1-2H3. The smallest absolute Gasteiger partial charge is 0.201 e. The van der Waals surface area contributed by atoms with Gasteiger partial charge in [0.15, 0.2) is 11.6 Å². The van der Waals surface area contributed by atoms with Crippen molar-refractivity contribution in [1.29, 1.82) is 0 Å². The summed E-state index contributed by atoms with van der Waals surface area (Å²) in [6.45, 7) is 2.79. The van der Waals surface area contributed by atoms with E-state index < -0.39 is 17.5 Å². The second-order valence-corrected chi connectivity index (χ2v) is 8.12. The Morgan fingerprint density at radius 3 is 2.37 bits per heavy atom. The summed E-state index contributed by atoms with van der Waals surface area (Å²) in [5.74, 6) is -2.85. The second-order valence-electron chi connectivity index (χ2n) is 8.12. The summed E-state index contributed by atoms with van der Waals surface area (Å²) in [5, 5.41) is 0. The van der Waals surface area contributed by atoms with Crippen molar-refractivity contribution in [1.82, 2.24) is 0 Å². The fourth-order valence-electron chi connectivity index (χ4n) is 4.17. The van der Waals surface area contributed by atoms with Gasteiger partial charge in [0.05, 0.1) is 19.8 Å². The zero-order chi connectivity index (χ0) is 21.5. The molecular weight excluding hydrogens is 389 g/mol. The van der Waals surface area contributed by atoms with Crippen LogP contribution in [0.1, 0.15) is 69.8 Å². The first-order valence-electron chi connectivity index (χ1n) is 11.0. The van der Waals surface area contributed by atoms with E-state index in [2.05, 4.69) is 6.92 Å². The van der Waals surface area contributed by atoms with Crippen molar-refractivity contribution in [3.8, 4) is 16.9 Å². The third-order valence-corrected chi connectivity index (χ3v) is 6.02. The SMILES string of the molecule is CCCCCCCC1CCC(c2ccc(-c3ccc(OC)c(F)c3F)c(F)c2)CO1. The molecule has 0 radical (unpaired) electrons. The van der Waals surface area contributed by atoms with Crippen LogP contribution in [0, 0.1) is 17.5 Å². The molecule has 1 aliphatic heterocycles. The molecule has 1 aliphatic rings. The van der Waals surface area contributed by atoms with Crippen LogP contribution in [-0.4, -0.2) is 19.8 Å². The summed E-state index contributed by atoms with van der Waals surface area (Å²) < 4.78 is 53.9. The van der Waals surface area contributed by atoms with E-state index in [1.807, 2.05) is 0 Å². The van der Waals surface area contributed by atoms with Crippen LogP contribution in [0.4, 0.5) is 13.2 Å². The Bertz CT molecular complexity index is 829. The molecule has 2 aromatic carbocycles. The van der Waals surface area contributed by atoms with Crippen LogP contribution >= 0.6 is 0 Å². The third kappa shape index (κ3) is 5.37. The maximum absolute atomic E-state index is 14.8. The Labute approximate surface area is 177 Å². The number of rotatable bonds is 9. The number of halogens is 3. The molecule has 30 heavy (non-hydrogen) atoms. The van der Waals surface area contributed by atoms with E-state index in [0.717, 1.165) is 24.8 Å². The van der Waals surface area contributed by atoms with Gasteiger partial charge >= 0.3 is 0 Å². The molecular formula is C25H31F3O2. The maximum atomic E-state index is 14.8. The Balaban J connectivity index is 1.61. The van der Waals surface area contributed by atoms with Crippen LogP contribution in [0.15, 0.2) is 30.3 Å². The third-order valence-electron chi connectivity index (χ3n) is 6.02. The van der Waals surface area contributed by atoms with Crippen LogP contribution < -0.4 is 4.74 Å². The van der Waals surface area contributed by atoms with Crippen molar-refractivity contribution in [2.75, 3.05) is 13.7 Å². The molecule has 3 rings (SSSR count). The van der Waals surface area contributed by atoms with Gasteiger partial charge in [-0.15, -0.1) is 0 Å². The lowest BCUT2D eigenvalue weighted by atomic mass is 9.89. The average molecular weight is 421 g/mol. The Morgan fingerprint density at radius 2 is 1.70 bits per heavy atom. The van der Waals surface area contributed by atoms with Crippen molar-refractivity contribution in [2.24, 2.45) is 0 Å². The zero-order valence-electron chi connectivity index (χ0n) is 17.9. The Morgan fingerprint density at radius 1 is 0.933 bits per heavy atom. The lowest BCUT2D eigenvalue weighted by Gasteiger charge is -2.29. The molecule has 0 N–H and O–H groups in total. The minimum atomic E-state index is -1.11. The van der Waals surface area contributed by atoms with E-state index in [1.165, 1.54) is 63.5 Å². The van der Waals surface area contributed by atoms with Gasteiger partial charge in [-0.2, -0.15) is 4.39 Å². The molecule has 0 aromatic heterocycles. The molecule has 0 bridgehead atoms. The number of hydrogen-bond acceptors (Lipinski definition) is 2. The van der Waals surface area contributed by atoms with Gasteiger partial charge in [0.2, 0.25) is 5.82 Å². The van der Waals surface area contributed by atoms with E-state index in [9.17, 15) is 13.2 Å². The van der Waals surface area contributed by atoms with Crippen LogP contribution in [0.2, 0.25) is 0 Å². The number of benzene rings is 2. The molecule has 2 unspecified atom stereocenters. The van der Waals surface area contributed by atoms with Crippen LogP contribution in [0.25, 0.3) is 11.1 Å². The molecule has 1 saturated heterocycles. The molecule has 0 amide bonds. The summed E-state index contributed by atoms with van der Waals surface area (Å²) >= 11 is 0. The molecule has 164 valence electrons. The highest BCUT2D eigenvalue weighted by atomic mass is 19.2. The topological polar surface area (TPSA) is 18.5 Å². The van der Waals surface area contributed by atoms with E-state index in [0.29, 0.717) is 12.7 Å². The van der Waals surface area contributed by atoms with E-state index in [1.54, 1.807) is 6.07 Å². The molecule has 2 aromatic rings. The minimum Gasteiger partial charge on any atom is -0.494 e. The monoisotopic (exact) mass is 420 g/mol.